The molecule has 0 aromatic heterocycles. The van der Waals surface area contributed by atoms with Gasteiger partial charge in [0.05, 0.1) is 0 Å². The molecule has 0 atom stereocenters. The summed E-state index contributed by atoms with van der Waals surface area (Å²) in [4.78, 5) is 29.1. The molecule has 0 bridgehead atoms. The third kappa shape index (κ3) is 25.9. The summed E-state index contributed by atoms with van der Waals surface area (Å²) in [6, 6.07) is 4.21. The predicted octanol–water partition coefficient (Wildman–Crippen LogP) is 20.4. The summed E-state index contributed by atoms with van der Waals surface area (Å²) in [6.07, 6.45) is 49.1. The molecule has 0 aliphatic carbocycles. The van der Waals surface area contributed by atoms with Crippen LogP contribution in [0.15, 0.2) is 23.1 Å². The van der Waals surface area contributed by atoms with E-state index in [9.17, 15) is 22.6 Å². The van der Waals surface area contributed by atoms with Gasteiger partial charge in [-0.25, -0.2) is 0 Å². The van der Waals surface area contributed by atoms with E-state index >= 15 is 0 Å². The van der Waals surface area contributed by atoms with Crippen molar-refractivity contribution in [3.63, 3.8) is 0 Å². The summed E-state index contributed by atoms with van der Waals surface area (Å²) in [6.45, 7) is 11.4. The van der Waals surface area contributed by atoms with Crippen molar-refractivity contribution in [1.82, 2.24) is 0 Å². The number of benzene rings is 1. The van der Waals surface area contributed by atoms with Crippen LogP contribution in [-0.2, 0) is 19.2 Å². The first kappa shape index (κ1) is 66.9. The van der Waals surface area contributed by atoms with Gasteiger partial charge in [0.2, 0.25) is 0 Å². The standard InChI is InChI=1S/C60H116O7P2S/c1-9-17-25-27-29-31-33-35-37-39-41-43-53-68(47-19-11-3,48-20-12-4,49-21-13-5)66-59(61)56-45-46-57(58(55-56)70(63,64)65)60(62)67-69(50-22-14-6,51-23-15-7,52-24-16-8)54-44-42-40-38-36-34-32-30-28-26-18-10-2/h45-46,55H,9-44,47-54H2,1-8H3,(H,63,64,65). The Hall–Kier alpha value is -1.07. The Labute approximate surface area is 435 Å². The Morgan fingerprint density at radius 1 is 0.371 bits per heavy atom. The van der Waals surface area contributed by atoms with Gasteiger partial charge >= 0.3 is 411 Å². The van der Waals surface area contributed by atoms with Crippen molar-refractivity contribution in [3.05, 3.63) is 29.3 Å². The van der Waals surface area contributed by atoms with Gasteiger partial charge in [-0.2, -0.15) is 0 Å². The Bertz CT molecular complexity index is 1560. The van der Waals surface area contributed by atoms with Crippen LogP contribution in [0.25, 0.3) is 0 Å². The van der Waals surface area contributed by atoms with Crippen molar-refractivity contribution in [2.45, 2.75) is 291 Å². The molecule has 1 N–H and O–H groups in total. The molecule has 0 amide bonds. The Morgan fingerprint density at radius 3 is 0.886 bits per heavy atom. The van der Waals surface area contributed by atoms with Gasteiger partial charge in [0.1, 0.15) is 0 Å². The summed E-state index contributed by atoms with van der Waals surface area (Å²) in [5, 5.41) is 0. The predicted molar refractivity (Wildman–Crippen MR) is 311 cm³/mol. The van der Waals surface area contributed by atoms with E-state index in [4.69, 9.17) is 9.05 Å². The second-order valence-electron chi connectivity index (χ2n) is 22.3. The van der Waals surface area contributed by atoms with Crippen molar-refractivity contribution in [3.8, 4) is 0 Å². The molecule has 10 heteroatoms. The summed E-state index contributed by atoms with van der Waals surface area (Å²) in [5.41, 5.74) is -0.0986. The molecule has 414 valence electrons. The van der Waals surface area contributed by atoms with Gasteiger partial charge in [0.15, 0.2) is 0 Å². The molecule has 0 saturated carbocycles. The van der Waals surface area contributed by atoms with E-state index in [2.05, 4.69) is 55.4 Å². The number of rotatable bonds is 49. The third-order valence-corrected chi connectivity index (χ3v) is 29.9. The molecule has 0 spiro atoms. The molecule has 0 heterocycles. The van der Waals surface area contributed by atoms with Crippen LogP contribution < -0.4 is 0 Å². The minimum absolute atomic E-state index is 0.0780. The van der Waals surface area contributed by atoms with E-state index in [0.29, 0.717) is 0 Å². The van der Waals surface area contributed by atoms with Gasteiger partial charge in [-0.3, -0.25) is 0 Å². The van der Waals surface area contributed by atoms with Crippen LogP contribution in [0.2, 0.25) is 0 Å². The van der Waals surface area contributed by atoms with Gasteiger partial charge in [-0.1, -0.05) is 26.7 Å². The molecule has 0 unspecified atom stereocenters. The summed E-state index contributed by atoms with van der Waals surface area (Å²) < 4.78 is 51.9. The van der Waals surface area contributed by atoms with Crippen LogP contribution in [0, 0.1) is 0 Å². The molecule has 1 rings (SSSR count). The summed E-state index contributed by atoms with van der Waals surface area (Å²) in [7, 11) is -4.92. The van der Waals surface area contributed by atoms with E-state index in [0.717, 1.165) is 152 Å². The monoisotopic (exact) mass is 1040 g/mol. The molecule has 7 nitrogen and oxygen atoms in total. The first-order chi connectivity index (χ1) is 33.7. The number of unbranched alkanes of at least 4 members (excludes halogenated alkanes) is 28. The zero-order chi connectivity index (χ0) is 51.9. The maximum atomic E-state index is 14.9. The van der Waals surface area contributed by atoms with E-state index in [1.165, 1.54) is 141 Å². The quantitative estimate of drug-likeness (QED) is 0.0393. The van der Waals surface area contributed by atoms with Crippen LogP contribution in [0.5, 0.6) is 0 Å². The van der Waals surface area contributed by atoms with E-state index in [1.807, 2.05) is 0 Å². The van der Waals surface area contributed by atoms with Crippen LogP contribution in [0.1, 0.15) is 307 Å². The summed E-state index contributed by atoms with van der Waals surface area (Å²) in [5.74, 6) is -1.20. The maximum absolute atomic E-state index is 14.9. The SMILES string of the molecule is CCCCCCCCCCCCCCP(CCCC)(CCCC)(CCCC)OC(=O)c1ccc(C(=O)OP(CCCC)(CCCC)(CCCC)CCCCCCCCCCCCCC)c(S(=O)(=O)O)c1. The van der Waals surface area contributed by atoms with Gasteiger partial charge < -0.3 is 0 Å². The van der Waals surface area contributed by atoms with Crippen LogP contribution in [0.3, 0.4) is 0 Å². The molecule has 0 saturated heterocycles. The number of carbonyl (C=O) groups is 2. The van der Waals surface area contributed by atoms with Crippen molar-refractivity contribution in [2.24, 2.45) is 0 Å². The number of hydrogen-bond donors (Lipinski definition) is 1. The molecule has 0 radical (unpaired) electrons. The fourth-order valence-corrected chi connectivity index (χ4v) is 25.4. The molecular weight excluding hydrogens is 927 g/mol. The van der Waals surface area contributed by atoms with Gasteiger partial charge in [0.25, 0.3) is 0 Å². The normalized spacial score (nSPS) is 13.4. The molecule has 1 aromatic rings. The molecule has 70 heavy (non-hydrogen) atoms. The Balaban J connectivity index is 3.56. The Morgan fingerprint density at radius 2 is 0.614 bits per heavy atom. The number of hydrogen-bond acceptors (Lipinski definition) is 6. The van der Waals surface area contributed by atoms with Gasteiger partial charge in [0, 0.05) is 0 Å². The van der Waals surface area contributed by atoms with E-state index in [-0.39, 0.29) is 11.1 Å². The number of carbonyl (C=O) groups excluding carboxylic acids is 2. The minimum atomic E-state index is -4.92. The average molecular weight is 1040 g/mol. The van der Waals surface area contributed by atoms with Gasteiger partial charge in [-0.05, 0) is 0 Å². The molecular formula is C60H116O7P2S. The topological polar surface area (TPSA) is 107 Å². The van der Waals surface area contributed by atoms with E-state index in [1.54, 1.807) is 6.07 Å². The van der Waals surface area contributed by atoms with Crippen molar-refractivity contribution < 1.29 is 31.6 Å². The van der Waals surface area contributed by atoms with Gasteiger partial charge in [-0.15, -0.1) is 0 Å². The van der Waals surface area contributed by atoms with E-state index < -0.39 is 40.6 Å². The van der Waals surface area contributed by atoms with Crippen molar-refractivity contribution >= 4 is 35.7 Å². The zero-order valence-electron chi connectivity index (χ0n) is 47.5. The van der Waals surface area contributed by atoms with Crippen molar-refractivity contribution in [1.29, 1.82) is 0 Å². The second-order valence-corrected chi connectivity index (χ2v) is 35.1. The first-order valence-corrected chi connectivity index (χ1v) is 37.6. The zero-order valence-corrected chi connectivity index (χ0v) is 50.1. The molecule has 0 aliphatic heterocycles. The molecule has 1 aromatic carbocycles. The average Bonchev–Trinajstić information content (AvgIpc) is 3.35. The second kappa shape index (κ2) is 38.5. The summed E-state index contributed by atoms with van der Waals surface area (Å²) >= 11 is 0. The van der Waals surface area contributed by atoms with Crippen LogP contribution >= 0.6 is 13.7 Å². The molecule has 0 fully saturated rings. The molecule has 0 aliphatic rings. The first-order valence-electron chi connectivity index (χ1n) is 30.3. The third-order valence-electron chi connectivity index (χ3n) is 16.0. The van der Waals surface area contributed by atoms with Crippen LogP contribution in [0.4, 0.5) is 0 Å². The Kier molecular flexibility index (Phi) is 36.8. The van der Waals surface area contributed by atoms with Crippen LogP contribution in [-0.4, -0.2) is 74.2 Å². The fourth-order valence-electron chi connectivity index (χ4n) is 11.4. The van der Waals surface area contributed by atoms with Crippen molar-refractivity contribution in [2.75, 3.05) is 49.3 Å². The fraction of sp³-hybridized carbons (Fsp3) is 0.867.